The van der Waals surface area contributed by atoms with Gasteiger partial charge in [0.2, 0.25) is 5.88 Å². The maximum Gasteiger partial charge on any atom is 0.219 e. The number of benzene rings is 1. The predicted octanol–water partition coefficient (Wildman–Crippen LogP) is 5.52. The topological polar surface area (TPSA) is 28.6 Å². The lowest BCUT2D eigenvalue weighted by Crippen LogP contribution is -2.52. The average molecular weight is 394 g/mol. The van der Waals surface area contributed by atoms with Crippen LogP contribution in [-0.2, 0) is 0 Å². The van der Waals surface area contributed by atoms with Crippen LogP contribution in [-0.4, -0.2) is 47.0 Å². The van der Waals surface area contributed by atoms with Crippen molar-refractivity contribution in [3.8, 4) is 11.6 Å². The molecular formula is C25H35N3O. The SMILES string of the molecule is CC(C)C(c1ccc(Oc2ccccn2)cc1)N1CCN(C2CCCCC2)CC1. The summed E-state index contributed by atoms with van der Waals surface area (Å²) in [6.07, 6.45) is 8.85. The van der Waals surface area contributed by atoms with E-state index in [1.165, 1.54) is 63.8 Å². The van der Waals surface area contributed by atoms with E-state index in [9.17, 15) is 0 Å². The number of pyridine rings is 1. The van der Waals surface area contributed by atoms with Crippen molar-refractivity contribution in [3.63, 3.8) is 0 Å². The van der Waals surface area contributed by atoms with Crippen molar-refractivity contribution in [2.24, 2.45) is 5.92 Å². The van der Waals surface area contributed by atoms with Gasteiger partial charge < -0.3 is 4.74 Å². The molecule has 2 heterocycles. The molecule has 1 saturated heterocycles. The van der Waals surface area contributed by atoms with Gasteiger partial charge in [0.25, 0.3) is 0 Å². The normalized spacial score (nSPS) is 20.7. The van der Waals surface area contributed by atoms with E-state index in [4.69, 9.17) is 4.74 Å². The highest BCUT2D eigenvalue weighted by molar-refractivity contribution is 5.32. The van der Waals surface area contributed by atoms with Crippen LogP contribution in [0.5, 0.6) is 11.6 Å². The molecule has 4 nitrogen and oxygen atoms in total. The maximum absolute atomic E-state index is 5.87. The zero-order valence-electron chi connectivity index (χ0n) is 18.0. The Morgan fingerprint density at radius 1 is 0.897 bits per heavy atom. The summed E-state index contributed by atoms with van der Waals surface area (Å²) in [4.78, 5) is 9.70. The molecule has 1 atom stereocenters. The molecule has 156 valence electrons. The number of hydrogen-bond donors (Lipinski definition) is 0. The van der Waals surface area contributed by atoms with Gasteiger partial charge >= 0.3 is 0 Å². The third-order valence-corrected chi connectivity index (χ3v) is 6.55. The van der Waals surface area contributed by atoms with E-state index in [2.05, 4.69) is 52.9 Å². The summed E-state index contributed by atoms with van der Waals surface area (Å²) in [7, 11) is 0. The van der Waals surface area contributed by atoms with Crippen molar-refractivity contribution in [3.05, 3.63) is 54.2 Å². The van der Waals surface area contributed by atoms with Crippen molar-refractivity contribution < 1.29 is 4.74 Å². The molecule has 2 fully saturated rings. The standard InChI is InChI=1S/C25H35N3O/c1-20(2)25(28-18-16-27(17-19-28)22-8-4-3-5-9-22)21-11-13-23(14-12-21)29-24-10-6-7-15-26-24/h6-7,10-15,20,22,25H,3-5,8-9,16-19H2,1-2H3. The van der Waals surface area contributed by atoms with E-state index < -0.39 is 0 Å². The molecule has 1 aromatic heterocycles. The minimum absolute atomic E-state index is 0.465. The van der Waals surface area contributed by atoms with Crippen LogP contribution < -0.4 is 4.74 Å². The first-order chi connectivity index (χ1) is 14.2. The molecule has 4 heteroatoms. The second-order valence-corrected chi connectivity index (χ2v) is 8.89. The molecule has 0 spiro atoms. The second kappa shape index (κ2) is 9.73. The van der Waals surface area contributed by atoms with Crippen molar-refractivity contribution in [2.45, 2.75) is 58.0 Å². The van der Waals surface area contributed by atoms with Gasteiger partial charge in [-0.2, -0.15) is 0 Å². The van der Waals surface area contributed by atoms with Crippen LogP contribution in [0.4, 0.5) is 0 Å². The van der Waals surface area contributed by atoms with Gasteiger partial charge in [-0.1, -0.05) is 51.3 Å². The van der Waals surface area contributed by atoms with E-state index >= 15 is 0 Å². The highest BCUT2D eigenvalue weighted by atomic mass is 16.5. The summed E-state index contributed by atoms with van der Waals surface area (Å²) >= 11 is 0. The lowest BCUT2D eigenvalue weighted by atomic mass is 9.92. The Morgan fingerprint density at radius 2 is 1.62 bits per heavy atom. The minimum Gasteiger partial charge on any atom is -0.439 e. The molecule has 0 bridgehead atoms. The molecule has 2 aliphatic rings. The van der Waals surface area contributed by atoms with Gasteiger partial charge in [-0.15, -0.1) is 0 Å². The smallest absolute Gasteiger partial charge is 0.219 e. The Kier molecular flexibility index (Phi) is 6.83. The number of piperazine rings is 1. The Morgan fingerprint density at radius 3 is 2.24 bits per heavy atom. The van der Waals surface area contributed by atoms with Gasteiger partial charge in [-0.3, -0.25) is 9.80 Å². The summed E-state index contributed by atoms with van der Waals surface area (Å²) < 4.78 is 5.87. The fourth-order valence-corrected chi connectivity index (χ4v) is 5.11. The Bertz CT molecular complexity index is 732. The molecule has 1 aliphatic heterocycles. The Labute approximate surface area is 175 Å². The predicted molar refractivity (Wildman–Crippen MR) is 118 cm³/mol. The number of aromatic nitrogens is 1. The molecule has 1 saturated carbocycles. The zero-order chi connectivity index (χ0) is 20.1. The van der Waals surface area contributed by atoms with Crippen LogP contribution in [0.25, 0.3) is 0 Å². The largest absolute Gasteiger partial charge is 0.439 e. The molecule has 1 aliphatic carbocycles. The van der Waals surface area contributed by atoms with Crippen LogP contribution in [0.15, 0.2) is 48.7 Å². The Hall–Kier alpha value is -1.91. The fourth-order valence-electron chi connectivity index (χ4n) is 5.11. The van der Waals surface area contributed by atoms with E-state index in [1.54, 1.807) is 6.20 Å². The highest BCUT2D eigenvalue weighted by Crippen LogP contribution is 2.32. The van der Waals surface area contributed by atoms with Crippen LogP contribution in [0.1, 0.15) is 57.6 Å². The molecular weight excluding hydrogens is 358 g/mol. The number of rotatable bonds is 6. The van der Waals surface area contributed by atoms with E-state index in [1.807, 2.05) is 18.2 Å². The van der Waals surface area contributed by atoms with Crippen LogP contribution in [0.3, 0.4) is 0 Å². The molecule has 1 unspecified atom stereocenters. The summed E-state index contributed by atoms with van der Waals surface area (Å²) in [5.41, 5.74) is 1.39. The maximum atomic E-state index is 5.87. The van der Waals surface area contributed by atoms with Crippen molar-refractivity contribution >= 4 is 0 Å². The first-order valence-electron chi connectivity index (χ1n) is 11.4. The monoisotopic (exact) mass is 393 g/mol. The molecule has 0 N–H and O–H groups in total. The number of ether oxygens (including phenoxy) is 1. The summed E-state index contributed by atoms with van der Waals surface area (Å²) in [6, 6.07) is 15.7. The third kappa shape index (κ3) is 5.18. The average Bonchev–Trinajstić information content (AvgIpc) is 2.77. The van der Waals surface area contributed by atoms with E-state index in [0.29, 0.717) is 17.8 Å². The molecule has 2 aromatic rings. The molecule has 29 heavy (non-hydrogen) atoms. The minimum atomic E-state index is 0.465. The first-order valence-corrected chi connectivity index (χ1v) is 11.4. The van der Waals surface area contributed by atoms with Gasteiger partial charge in [0.1, 0.15) is 5.75 Å². The van der Waals surface area contributed by atoms with Crippen molar-refractivity contribution in [2.75, 3.05) is 26.2 Å². The van der Waals surface area contributed by atoms with Gasteiger partial charge in [-0.05, 0) is 42.5 Å². The van der Waals surface area contributed by atoms with Gasteiger partial charge in [-0.25, -0.2) is 4.98 Å². The summed E-state index contributed by atoms with van der Waals surface area (Å²) in [5, 5.41) is 0. The number of nitrogens with zero attached hydrogens (tertiary/aromatic N) is 3. The van der Waals surface area contributed by atoms with Gasteiger partial charge in [0, 0.05) is 50.5 Å². The van der Waals surface area contributed by atoms with Crippen LogP contribution in [0, 0.1) is 5.92 Å². The highest BCUT2D eigenvalue weighted by Gasteiger charge is 2.30. The lowest BCUT2D eigenvalue weighted by Gasteiger charge is -2.44. The van der Waals surface area contributed by atoms with Crippen molar-refractivity contribution in [1.82, 2.24) is 14.8 Å². The first kappa shape index (κ1) is 20.4. The summed E-state index contributed by atoms with van der Waals surface area (Å²) in [6.45, 7) is 9.47. The van der Waals surface area contributed by atoms with Gasteiger partial charge in [0.05, 0.1) is 0 Å². The van der Waals surface area contributed by atoms with E-state index in [-0.39, 0.29) is 0 Å². The van der Waals surface area contributed by atoms with Crippen LogP contribution >= 0.6 is 0 Å². The van der Waals surface area contributed by atoms with E-state index in [0.717, 1.165) is 11.8 Å². The second-order valence-electron chi connectivity index (χ2n) is 8.89. The fraction of sp³-hybridized carbons (Fsp3) is 0.560. The number of hydrogen-bond acceptors (Lipinski definition) is 4. The Balaban J connectivity index is 1.38. The summed E-state index contributed by atoms with van der Waals surface area (Å²) in [5.74, 6) is 2.07. The zero-order valence-corrected chi connectivity index (χ0v) is 18.0. The third-order valence-electron chi connectivity index (χ3n) is 6.55. The van der Waals surface area contributed by atoms with Crippen molar-refractivity contribution in [1.29, 1.82) is 0 Å². The van der Waals surface area contributed by atoms with Gasteiger partial charge in [0.15, 0.2) is 0 Å². The molecule has 0 radical (unpaired) electrons. The molecule has 4 rings (SSSR count). The van der Waals surface area contributed by atoms with Crippen LogP contribution in [0.2, 0.25) is 0 Å². The quantitative estimate of drug-likeness (QED) is 0.646. The molecule has 0 amide bonds. The molecule has 1 aromatic carbocycles. The lowest BCUT2D eigenvalue weighted by molar-refractivity contribution is 0.0435.